The van der Waals surface area contributed by atoms with Crippen molar-refractivity contribution in [2.24, 2.45) is 0 Å². The average molecular weight is 353 g/mol. The molecule has 136 valence electrons. The number of pyridine rings is 1. The van der Waals surface area contributed by atoms with Crippen molar-refractivity contribution < 1.29 is 9.18 Å². The summed E-state index contributed by atoms with van der Waals surface area (Å²) in [6.45, 7) is 2.76. The molecular formula is C21H24FN3O. The van der Waals surface area contributed by atoms with Gasteiger partial charge in [0.25, 0.3) is 5.91 Å². The molecule has 26 heavy (non-hydrogen) atoms. The predicted molar refractivity (Wildman–Crippen MR) is 98.4 cm³/mol. The summed E-state index contributed by atoms with van der Waals surface area (Å²) < 4.78 is 12.9. The van der Waals surface area contributed by atoms with E-state index in [1.165, 1.54) is 48.7 Å². The van der Waals surface area contributed by atoms with Crippen LogP contribution in [0, 0.1) is 5.95 Å². The summed E-state index contributed by atoms with van der Waals surface area (Å²) in [6.07, 6.45) is 7.53. The summed E-state index contributed by atoms with van der Waals surface area (Å²) in [5.74, 6) is -0.813. The Labute approximate surface area is 153 Å². The second-order valence-corrected chi connectivity index (χ2v) is 7.28. The number of carbonyl (C=O) groups excluding carboxylic acids is 1. The third-order valence-corrected chi connectivity index (χ3v) is 5.64. The molecule has 4 rings (SSSR count). The van der Waals surface area contributed by atoms with Gasteiger partial charge in [0.1, 0.15) is 0 Å². The molecule has 1 aliphatic heterocycles. The molecule has 4 nitrogen and oxygen atoms in total. The van der Waals surface area contributed by atoms with E-state index < -0.39 is 5.95 Å². The highest BCUT2D eigenvalue weighted by Gasteiger charge is 2.26. The van der Waals surface area contributed by atoms with E-state index in [0.717, 1.165) is 37.5 Å². The van der Waals surface area contributed by atoms with Crippen molar-refractivity contribution in [1.29, 1.82) is 0 Å². The van der Waals surface area contributed by atoms with E-state index in [2.05, 4.69) is 33.4 Å². The van der Waals surface area contributed by atoms with Gasteiger partial charge in [-0.3, -0.25) is 9.69 Å². The fourth-order valence-corrected chi connectivity index (χ4v) is 3.82. The van der Waals surface area contributed by atoms with Gasteiger partial charge in [-0.25, -0.2) is 4.98 Å². The van der Waals surface area contributed by atoms with Gasteiger partial charge >= 0.3 is 0 Å². The summed E-state index contributed by atoms with van der Waals surface area (Å²) in [5, 5.41) is 2.89. The second kappa shape index (κ2) is 7.54. The molecule has 1 N–H and O–H groups in total. The monoisotopic (exact) mass is 353 g/mol. The van der Waals surface area contributed by atoms with Gasteiger partial charge in [-0.2, -0.15) is 4.39 Å². The molecule has 1 aromatic carbocycles. The van der Waals surface area contributed by atoms with E-state index in [4.69, 9.17) is 0 Å². The van der Waals surface area contributed by atoms with Crippen LogP contribution in [0.15, 0.2) is 36.5 Å². The SMILES string of the molecule is O=C(NCc1ccc2c(c1)CCN(C1CCC1)CC2)c1ccc(F)nc1. The molecule has 0 saturated heterocycles. The fourth-order valence-electron chi connectivity index (χ4n) is 3.82. The first-order valence-electron chi connectivity index (χ1n) is 9.43. The van der Waals surface area contributed by atoms with E-state index >= 15 is 0 Å². The number of aromatic nitrogens is 1. The molecule has 1 fully saturated rings. The van der Waals surface area contributed by atoms with Crippen molar-refractivity contribution in [3.05, 3.63) is 64.7 Å². The Balaban J connectivity index is 1.37. The molecule has 1 aromatic heterocycles. The molecule has 2 aliphatic rings. The zero-order valence-corrected chi connectivity index (χ0v) is 14.9. The maximum Gasteiger partial charge on any atom is 0.253 e. The minimum atomic E-state index is -0.580. The Bertz CT molecular complexity index is 786. The quantitative estimate of drug-likeness (QED) is 0.859. The van der Waals surface area contributed by atoms with Gasteiger partial charge in [-0.15, -0.1) is 0 Å². The average Bonchev–Trinajstić information content (AvgIpc) is 2.81. The van der Waals surface area contributed by atoms with Crippen LogP contribution in [0.1, 0.15) is 46.3 Å². The van der Waals surface area contributed by atoms with E-state index in [-0.39, 0.29) is 5.91 Å². The van der Waals surface area contributed by atoms with E-state index in [0.29, 0.717) is 12.1 Å². The summed E-state index contributed by atoms with van der Waals surface area (Å²) in [5.41, 5.74) is 4.31. The maximum absolute atomic E-state index is 12.9. The number of fused-ring (bicyclic) bond motifs is 1. The summed E-state index contributed by atoms with van der Waals surface area (Å²) in [4.78, 5) is 18.3. The molecule has 0 spiro atoms. The number of amides is 1. The Kier molecular flexibility index (Phi) is 4.98. The van der Waals surface area contributed by atoms with Crippen LogP contribution in [0.4, 0.5) is 4.39 Å². The molecule has 1 aliphatic carbocycles. The molecule has 0 radical (unpaired) electrons. The molecule has 0 bridgehead atoms. The van der Waals surface area contributed by atoms with E-state index in [1.807, 2.05) is 0 Å². The van der Waals surface area contributed by atoms with Crippen LogP contribution in [-0.4, -0.2) is 34.9 Å². The number of hydrogen-bond acceptors (Lipinski definition) is 3. The number of nitrogens with one attached hydrogen (secondary N) is 1. The lowest BCUT2D eigenvalue weighted by Crippen LogP contribution is -2.41. The molecular weight excluding hydrogens is 329 g/mol. The predicted octanol–water partition coefficient (Wildman–Crippen LogP) is 3.10. The van der Waals surface area contributed by atoms with Gasteiger partial charge in [-0.05, 0) is 54.5 Å². The van der Waals surface area contributed by atoms with Crippen molar-refractivity contribution in [1.82, 2.24) is 15.2 Å². The zero-order valence-electron chi connectivity index (χ0n) is 14.9. The topological polar surface area (TPSA) is 45.2 Å². The lowest BCUT2D eigenvalue weighted by molar-refractivity contribution is 0.0950. The number of hydrogen-bond donors (Lipinski definition) is 1. The van der Waals surface area contributed by atoms with E-state index in [1.54, 1.807) is 0 Å². The second-order valence-electron chi connectivity index (χ2n) is 7.28. The summed E-state index contributed by atoms with van der Waals surface area (Å²) in [6, 6.07) is 9.98. The molecule has 2 aromatic rings. The van der Waals surface area contributed by atoms with Gasteiger partial charge in [0.2, 0.25) is 5.95 Å². The largest absolute Gasteiger partial charge is 0.348 e. The Morgan fingerprint density at radius 2 is 1.96 bits per heavy atom. The van der Waals surface area contributed by atoms with Gasteiger partial charge in [0.15, 0.2) is 0 Å². The number of benzene rings is 1. The minimum absolute atomic E-state index is 0.233. The molecule has 1 amide bonds. The maximum atomic E-state index is 12.9. The molecule has 2 heterocycles. The molecule has 5 heteroatoms. The normalized spacial score (nSPS) is 17.9. The first-order valence-corrected chi connectivity index (χ1v) is 9.43. The zero-order chi connectivity index (χ0) is 17.9. The third kappa shape index (κ3) is 3.78. The standard InChI is InChI=1S/C21H24FN3O/c22-20-7-6-18(14-23-20)21(26)24-13-15-4-5-16-8-10-25(19-2-1-3-19)11-9-17(16)12-15/h4-7,12,14,19H,1-3,8-11,13H2,(H,24,26). The number of nitrogens with zero attached hydrogens (tertiary/aromatic N) is 2. The van der Waals surface area contributed by atoms with Crippen LogP contribution in [0.2, 0.25) is 0 Å². The van der Waals surface area contributed by atoms with Crippen LogP contribution in [0.25, 0.3) is 0 Å². The van der Waals surface area contributed by atoms with Gasteiger partial charge in [-0.1, -0.05) is 24.6 Å². The van der Waals surface area contributed by atoms with Crippen molar-refractivity contribution in [2.75, 3.05) is 13.1 Å². The molecule has 0 atom stereocenters. The number of rotatable bonds is 4. The first kappa shape index (κ1) is 17.2. The highest BCUT2D eigenvalue weighted by molar-refractivity contribution is 5.93. The summed E-state index contributed by atoms with van der Waals surface area (Å²) in [7, 11) is 0. The lowest BCUT2D eigenvalue weighted by atomic mass is 9.91. The van der Waals surface area contributed by atoms with Gasteiger partial charge < -0.3 is 5.32 Å². The van der Waals surface area contributed by atoms with E-state index in [9.17, 15) is 9.18 Å². The Morgan fingerprint density at radius 1 is 1.15 bits per heavy atom. The number of halogens is 1. The first-order chi connectivity index (χ1) is 12.7. The van der Waals surface area contributed by atoms with Crippen LogP contribution < -0.4 is 5.32 Å². The lowest BCUT2D eigenvalue weighted by Gasteiger charge is -2.36. The highest BCUT2D eigenvalue weighted by atomic mass is 19.1. The molecule has 0 unspecified atom stereocenters. The Hall–Kier alpha value is -2.27. The Morgan fingerprint density at radius 3 is 2.65 bits per heavy atom. The minimum Gasteiger partial charge on any atom is -0.348 e. The highest BCUT2D eigenvalue weighted by Crippen LogP contribution is 2.27. The van der Waals surface area contributed by atoms with Crippen molar-refractivity contribution in [3.63, 3.8) is 0 Å². The smallest absolute Gasteiger partial charge is 0.253 e. The fraction of sp³-hybridized carbons (Fsp3) is 0.429. The van der Waals surface area contributed by atoms with Crippen molar-refractivity contribution in [3.8, 4) is 0 Å². The summed E-state index contributed by atoms with van der Waals surface area (Å²) >= 11 is 0. The van der Waals surface area contributed by atoms with Gasteiger partial charge in [0, 0.05) is 31.9 Å². The van der Waals surface area contributed by atoms with Crippen molar-refractivity contribution in [2.45, 2.75) is 44.7 Å². The van der Waals surface area contributed by atoms with Crippen LogP contribution in [0.3, 0.4) is 0 Å². The van der Waals surface area contributed by atoms with Crippen LogP contribution >= 0.6 is 0 Å². The van der Waals surface area contributed by atoms with Crippen LogP contribution in [-0.2, 0) is 19.4 Å². The van der Waals surface area contributed by atoms with Crippen molar-refractivity contribution >= 4 is 5.91 Å². The van der Waals surface area contributed by atoms with Gasteiger partial charge in [0.05, 0.1) is 5.56 Å². The van der Waals surface area contributed by atoms with Crippen LogP contribution in [0.5, 0.6) is 0 Å². The molecule has 1 saturated carbocycles. The third-order valence-electron chi connectivity index (χ3n) is 5.64. The number of carbonyl (C=O) groups is 1.